The molecule has 0 atom stereocenters. The number of carbonyl (C=O) groups is 2. The van der Waals surface area contributed by atoms with Crippen LogP contribution in [-0.2, 0) is 4.79 Å². The van der Waals surface area contributed by atoms with E-state index in [1.54, 1.807) is 12.1 Å². The van der Waals surface area contributed by atoms with E-state index in [0.29, 0.717) is 18.1 Å². The van der Waals surface area contributed by atoms with Crippen LogP contribution in [0.5, 0.6) is 0 Å². The number of nitrogens with zero attached hydrogens (tertiary/aromatic N) is 1. The van der Waals surface area contributed by atoms with E-state index >= 15 is 0 Å². The topological polar surface area (TPSA) is 109 Å². The van der Waals surface area contributed by atoms with Gasteiger partial charge in [0.25, 0.3) is 0 Å². The van der Waals surface area contributed by atoms with Crippen molar-refractivity contribution in [1.82, 2.24) is 15.6 Å². The van der Waals surface area contributed by atoms with Crippen LogP contribution in [-0.4, -0.2) is 29.0 Å². The van der Waals surface area contributed by atoms with Crippen molar-refractivity contribution in [1.29, 1.82) is 0 Å². The Balaban J connectivity index is 0.00000210. The number of hydrogen-bond donors (Lipinski definition) is 4. The van der Waals surface area contributed by atoms with Gasteiger partial charge in [-0.15, -0.1) is 12.4 Å². The highest BCUT2D eigenvalue weighted by Crippen LogP contribution is 2.55. The van der Waals surface area contributed by atoms with Gasteiger partial charge in [-0.3, -0.25) is 4.79 Å². The fourth-order valence-corrected chi connectivity index (χ4v) is 5.54. The highest BCUT2D eigenvalue weighted by Gasteiger charge is 2.51. The summed E-state index contributed by atoms with van der Waals surface area (Å²) in [7, 11) is 0. The van der Waals surface area contributed by atoms with Crippen molar-refractivity contribution in [3.8, 4) is 0 Å². The molecule has 0 spiro atoms. The van der Waals surface area contributed by atoms with Gasteiger partial charge in [0, 0.05) is 18.5 Å². The molecule has 1 aromatic rings. The summed E-state index contributed by atoms with van der Waals surface area (Å²) < 4.78 is 0. The van der Waals surface area contributed by atoms with Crippen molar-refractivity contribution < 1.29 is 9.59 Å². The normalized spacial score (nSPS) is 30.3. The minimum Gasteiger partial charge on any atom is -0.384 e. The molecule has 4 aliphatic carbocycles. The van der Waals surface area contributed by atoms with E-state index in [1.807, 2.05) is 0 Å². The summed E-state index contributed by atoms with van der Waals surface area (Å²) in [6.07, 6.45) is 9.15. The Morgan fingerprint density at radius 3 is 2.30 bits per heavy atom. The summed E-state index contributed by atoms with van der Waals surface area (Å²) in [6.45, 7) is 0.312. The van der Waals surface area contributed by atoms with Crippen molar-refractivity contribution in [3.63, 3.8) is 0 Å². The number of anilines is 2. The minimum atomic E-state index is -0.160. The third-order valence-corrected chi connectivity index (χ3v) is 6.12. The summed E-state index contributed by atoms with van der Waals surface area (Å²) >= 11 is 0. The summed E-state index contributed by atoms with van der Waals surface area (Å²) in [5.74, 6) is 2.63. The monoisotopic (exact) mass is 393 g/mol. The predicted molar refractivity (Wildman–Crippen MR) is 107 cm³/mol. The number of pyridine rings is 1. The molecule has 0 aliphatic heterocycles. The molecule has 7 nitrogen and oxygen atoms in total. The summed E-state index contributed by atoms with van der Waals surface area (Å²) in [4.78, 5) is 28.2. The van der Waals surface area contributed by atoms with Crippen LogP contribution in [0.25, 0.3) is 0 Å². The third-order valence-electron chi connectivity index (χ3n) is 6.12. The molecule has 0 saturated heterocycles. The van der Waals surface area contributed by atoms with Crippen molar-refractivity contribution >= 4 is 35.9 Å². The molecule has 0 radical (unpaired) electrons. The molecule has 5 rings (SSSR count). The average molecular weight is 394 g/mol. The van der Waals surface area contributed by atoms with Crippen LogP contribution in [0.1, 0.15) is 44.9 Å². The lowest BCUT2D eigenvalue weighted by Crippen LogP contribution is -2.61. The molecule has 1 aromatic heterocycles. The molecule has 3 amide bonds. The molecule has 0 unspecified atom stereocenters. The Morgan fingerprint density at radius 2 is 1.74 bits per heavy atom. The third kappa shape index (κ3) is 4.64. The lowest BCUT2D eigenvalue weighted by molar-refractivity contribution is -0.116. The number of nitrogens with one attached hydrogen (secondary N) is 3. The molecule has 4 aliphatic rings. The highest BCUT2D eigenvalue weighted by atomic mass is 35.5. The van der Waals surface area contributed by atoms with E-state index in [2.05, 4.69) is 20.9 Å². The van der Waals surface area contributed by atoms with Gasteiger partial charge in [-0.2, -0.15) is 0 Å². The first-order valence-electron chi connectivity index (χ1n) is 9.57. The fourth-order valence-electron chi connectivity index (χ4n) is 5.54. The molecule has 4 saturated carbocycles. The van der Waals surface area contributed by atoms with Gasteiger partial charge in [-0.25, -0.2) is 9.78 Å². The van der Waals surface area contributed by atoms with Crippen molar-refractivity contribution in [2.45, 2.75) is 50.5 Å². The number of rotatable bonds is 5. The van der Waals surface area contributed by atoms with Gasteiger partial charge < -0.3 is 21.7 Å². The van der Waals surface area contributed by atoms with E-state index in [1.165, 1.54) is 25.5 Å². The first kappa shape index (κ1) is 19.7. The van der Waals surface area contributed by atoms with Crippen LogP contribution >= 0.6 is 12.4 Å². The van der Waals surface area contributed by atoms with E-state index in [4.69, 9.17) is 5.73 Å². The van der Waals surface area contributed by atoms with Crippen LogP contribution in [0.2, 0.25) is 0 Å². The number of amides is 3. The van der Waals surface area contributed by atoms with Gasteiger partial charge in [0.15, 0.2) is 0 Å². The lowest BCUT2D eigenvalue weighted by atomic mass is 9.53. The molecule has 1 heterocycles. The van der Waals surface area contributed by atoms with Gasteiger partial charge in [0.05, 0.1) is 11.9 Å². The zero-order valence-corrected chi connectivity index (χ0v) is 16.2. The zero-order chi connectivity index (χ0) is 18.1. The molecule has 8 heteroatoms. The number of nitrogen functional groups attached to an aromatic ring is 1. The van der Waals surface area contributed by atoms with Gasteiger partial charge in [0.2, 0.25) is 5.91 Å². The average Bonchev–Trinajstić information content (AvgIpc) is 2.55. The maximum absolute atomic E-state index is 12.3. The minimum absolute atomic E-state index is 0. The molecule has 4 bridgehead atoms. The van der Waals surface area contributed by atoms with Crippen LogP contribution in [0.3, 0.4) is 0 Å². The Bertz CT molecular complexity index is 659. The van der Waals surface area contributed by atoms with E-state index in [0.717, 1.165) is 37.0 Å². The highest BCUT2D eigenvalue weighted by molar-refractivity contribution is 5.91. The largest absolute Gasteiger partial charge is 0.384 e. The second kappa shape index (κ2) is 7.92. The van der Waals surface area contributed by atoms with Gasteiger partial charge in [0.1, 0.15) is 5.82 Å². The van der Waals surface area contributed by atoms with Crippen molar-refractivity contribution in [2.75, 3.05) is 17.6 Å². The number of urea groups is 1. The molecule has 0 aromatic carbocycles. The van der Waals surface area contributed by atoms with Crippen LogP contribution in [0.4, 0.5) is 16.3 Å². The van der Waals surface area contributed by atoms with E-state index < -0.39 is 0 Å². The molecule has 4 fully saturated rings. The SMILES string of the molecule is Cl.Nc1ccc(NC(=O)CCNC(=O)NC23CC4CC(CC(C4)C2)C3)cn1. The van der Waals surface area contributed by atoms with Crippen molar-refractivity contribution in [2.24, 2.45) is 17.8 Å². The van der Waals surface area contributed by atoms with Crippen LogP contribution < -0.4 is 21.7 Å². The van der Waals surface area contributed by atoms with Gasteiger partial charge >= 0.3 is 6.03 Å². The molecule has 148 valence electrons. The van der Waals surface area contributed by atoms with Crippen molar-refractivity contribution in [3.05, 3.63) is 18.3 Å². The van der Waals surface area contributed by atoms with Crippen LogP contribution in [0, 0.1) is 17.8 Å². The number of halogens is 1. The van der Waals surface area contributed by atoms with Gasteiger partial charge in [-0.1, -0.05) is 0 Å². The van der Waals surface area contributed by atoms with E-state index in [9.17, 15) is 9.59 Å². The molecular weight excluding hydrogens is 366 g/mol. The number of hydrogen-bond acceptors (Lipinski definition) is 4. The zero-order valence-electron chi connectivity index (χ0n) is 15.4. The Morgan fingerprint density at radius 1 is 1.11 bits per heavy atom. The predicted octanol–water partition coefficient (Wildman–Crippen LogP) is 2.68. The maximum atomic E-state index is 12.3. The second-order valence-corrected chi connectivity index (χ2v) is 8.35. The molecule has 27 heavy (non-hydrogen) atoms. The quantitative estimate of drug-likeness (QED) is 0.616. The Hall–Kier alpha value is -2.02. The molecule has 5 N–H and O–H groups in total. The Labute approximate surface area is 165 Å². The summed E-state index contributed by atoms with van der Waals surface area (Å²) in [5.41, 5.74) is 6.11. The van der Waals surface area contributed by atoms with E-state index in [-0.39, 0.29) is 36.3 Å². The smallest absolute Gasteiger partial charge is 0.315 e. The number of aromatic nitrogens is 1. The lowest BCUT2D eigenvalue weighted by Gasteiger charge is -2.56. The summed E-state index contributed by atoms with van der Waals surface area (Å²) in [5, 5.41) is 8.83. The standard InChI is InChI=1S/C19H27N5O2.ClH/c20-16-2-1-15(11-22-16)23-17(25)3-4-21-18(26)24-19-8-12-5-13(9-19)7-14(6-12)10-19;/h1-2,11-14H,3-10H2,(H2,20,22)(H,23,25)(H2,21,24,26);1H. The number of nitrogens with two attached hydrogens (primary N) is 1. The molecular formula is C19H28ClN5O2. The maximum Gasteiger partial charge on any atom is 0.315 e. The first-order chi connectivity index (χ1) is 12.5. The Kier molecular flexibility index (Phi) is 5.79. The van der Waals surface area contributed by atoms with Crippen LogP contribution in [0.15, 0.2) is 18.3 Å². The number of carbonyl (C=O) groups excluding carboxylic acids is 2. The van der Waals surface area contributed by atoms with Gasteiger partial charge in [-0.05, 0) is 68.4 Å². The fraction of sp³-hybridized carbons (Fsp3) is 0.632. The first-order valence-corrected chi connectivity index (χ1v) is 9.57. The summed E-state index contributed by atoms with van der Waals surface area (Å²) in [6, 6.07) is 3.19. The second-order valence-electron chi connectivity index (χ2n) is 8.35.